The molecule has 0 fully saturated rings. The van der Waals surface area contributed by atoms with E-state index in [2.05, 4.69) is 6.07 Å². The first kappa shape index (κ1) is 9.47. The van der Waals surface area contributed by atoms with Crippen molar-refractivity contribution in [1.29, 1.82) is 5.26 Å². The summed E-state index contributed by atoms with van der Waals surface area (Å²) in [6, 6.07) is 2.06. The van der Waals surface area contributed by atoms with E-state index in [1.54, 1.807) is 14.2 Å². The SMILES string of the molecule is COB(CCCC#N)OC. The van der Waals surface area contributed by atoms with E-state index in [1.165, 1.54) is 0 Å². The second-order valence-corrected chi connectivity index (χ2v) is 1.95. The van der Waals surface area contributed by atoms with Crippen LogP contribution in [-0.2, 0) is 9.31 Å². The van der Waals surface area contributed by atoms with Gasteiger partial charge in [0, 0.05) is 20.6 Å². The third kappa shape index (κ3) is 4.36. The van der Waals surface area contributed by atoms with Crippen molar-refractivity contribution in [3.63, 3.8) is 0 Å². The van der Waals surface area contributed by atoms with Crippen LogP contribution in [0.5, 0.6) is 0 Å². The Morgan fingerprint density at radius 1 is 1.40 bits per heavy atom. The van der Waals surface area contributed by atoms with Crippen LogP contribution in [0.1, 0.15) is 12.8 Å². The molecule has 0 radical (unpaired) electrons. The molecule has 3 nitrogen and oxygen atoms in total. The quantitative estimate of drug-likeness (QED) is 0.424. The molecule has 0 aromatic heterocycles. The van der Waals surface area contributed by atoms with Crippen LogP contribution in [0.25, 0.3) is 0 Å². The molecule has 0 rings (SSSR count). The summed E-state index contributed by atoms with van der Waals surface area (Å²) >= 11 is 0. The second kappa shape index (κ2) is 6.59. The van der Waals surface area contributed by atoms with Crippen molar-refractivity contribution in [3.8, 4) is 6.07 Å². The van der Waals surface area contributed by atoms with Crippen molar-refractivity contribution in [1.82, 2.24) is 0 Å². The first-order chi connectivity index (χ1) is 4.85. The van der Waals surface area contributed by atoms with Crippen molar-refractivity contribution in [2.75, 3.05) is 14.2 Å². The zero-order valence-electron chi connectivity index (χ0n) is 6.46. The van der Waals surface area contributed by atoms with Crippen molar-refractivity contribution in [2.24, 2.45) is 0 Å². The number of nitrogens with zero attached hydrogens (tertiary/aromatic N) is 1. The maximum atomic E-state index is 8.19. The molecule has 0 atom stereocenters. The van der Waals surface area contributed by atoms with Gasteiger partial charge in [-0.25, -0.2) is 0 Å². The lowest BCUT2D eigenvalue weighted by Crippen LogP contribution is -2.18. The minimum absolute atomic E-state index is 0.145. The molecule has 10 heavy (non-hydrogen) atoms. The van der Waals surface area contributed by atoms with E-state index in [4.69, 9.17) is 14.6 Å². The molecule has 0 unspecified atom stereocenters. The summed E-state index contributed by atoms with van der Waals surface area (Å²) in [7, 11) is 3.05. The van der Waals surface area contributed by atoms with Crippen molar-refractivity contribution >= 4 is 7.12 Å². The fourth-order valence-corrected chi connectivity index (χ4v) is 0.680. The predicted molar refractivity (Wildman–Crippen MR) is 39.4 cm³/mol. The normalized spacial score (nSPS) is 8.90. The average molecular weight is 141 g/mol. The number of unbranched alkanes of at least 4 members (excludes halogenated alkanes) is 1. The summed E-state index contributed by atoms with van der Waals surface area (Å²) in [5, 5.41) is 8.19. The summed E-state index contributed by atoms with van der Waals surface area (Å²) in [6.07, 6.45) is 2.20. The predicted octanol–water partition coefficient (Wildman–Crippen LogP) is 1.07. The topological polar surface area (TPSA) is 42.2 Å². The minimum Gasteiger partial charge on any atom is -0.414 e. The molecule has 0 aromatic rings. The van der Waals surface area contributed by atoms with Crippen molar-refractivity contribution < 1.29 is 9.31 Å². The molecule has 0 aromatic carbocycles. The molecule has 0 bridgehead atoms. The second-order valence-electron chi connectivity index (χ2n) is 1.95. The van der Waals surface area contributed by atoms with Gasteiger partial charge in [-0.05, 0) is 12.7 Å². The van der Waals surface area contributed by atoms with Crippen molar-refractivity contribution in [3.05, 3.63) is 0 Å². The van der Waals surface area contributed by atoms with Gasteiger partial charge in [-0.2, -0.15) is 5.26 Å². The summed E-state index contributed by atoms with van der Waals surface area (Å²) in [4.78, 5) is 0. The molecule has 0 aliphatic carbocycles. The van der Waals surface area contributed by atoms with Crippen LogP contribution in [0.4, 0.5) is 0 Å². The monoisotopic (exact) mass is 141 g/mol. The maximum Gasteiger partial charge on any atom is 0.456 e. The molecule has 0 saturated heterocycles. The Kier molecular flexibility index (Phi) is 6.25. The van der Waals surface area contributed by atoms with Crippen molar-refractivity contribution in [2.45, 2.75) is 19.2 Å². The zero-order chi connectivity index (χ0) is 7.82. The fraction of sp³-hybridized carbons (Fsp3) is 0.833. The first-order valence-electron chi connectivity index (χ1n) is 3.27. The van der Waals surface area contributed by atoms with Gasteiger partial charge in [-0.1, -0.05) is 0 Å². The van der Waals surface area contributed by atoms with Gasteiger partial charge < -0.3 is 9.31 Å². The third-order valence-electron chi connectivity index (χ3n) is 1.25. The van der Waals surface area contributed by atoms with Crippen LogP contribution in [0.15, 0.2) is 0 Å². The lowest BCUT2D eigenvalue weighted by Gasteiger charge is -2.05. The zero-order valence-corrected chi connectivity index (χ0v) is 6.46. The van der Waals surface area contributed by atoms with E-state index in [0.29, 0.717) is 6.42 Å². The number of rotatable bonds is 5. The minimum atomic E-state index is -0.145. The van der Waals surface area contributed by atoms with E-state index in [1.807, 2.05) is 0 Å². The van der Waals surface area contributed by atoms with Gasteiger partial charge in [0.1, 0.15) is 0 Å². The Morgan fingerprint density at radius 2 is 2.00 bits per heavy atom. The van der Waals surface area contributed by atoms with Crippen LogP contribution in [-0.4, -0.2) is 21.3 Å². The number of hydrogen-bond acceptors (Lipinski definition) is 3. The lowest BCUT2D eigenvalue weighted by molar-refractivity contribution is 0.277. The molecule has 0 aliphatic heterocycles. The molecular weight excluding hydrogens is 129 g/mol. The summed E-state index contributed by atoms with van der Waals surface area (Å²) < 4.78 is 9.83. The van der Waals surface area contributed by atoms with Crippen LogP contribution >= 0.6 is 0 Å². The highest BCUT2D eigenvalue weighted by atomic mass is 16.6. The molecule has 0 aliphatic rings. The van der Waals surface area contributed by atoms with E-state index < -0.39 is 0 Å². The van der Waals surface area contributed by atoms with E-state index in [0.717, 1.165) is 12.7 Å². The summed E-state index contributed by atoms with van der Waals surface area (Å²) in [6.45, 7) is 0. The Morgan fingerprint density at radius 3 is 2.40 bits per heavy atom. The van der Waals surface area contributed by atoms with Crippen LogP contribution in [0, 0.1) is 11.3 Å². The highest BCUT2D eigenvalue weighted by molar-refractivity contribution is 6.44. The largest absolute Gasteiger partial charge is 0.456 e. The molecule has 0 spiro atoms. The first-order valence-corrected chi connectivity index (χ1v) is 3.27. The molecule has 0 amide bonds. The molecule has 56 valence electrons. The highest BCUT2D eigenvalue weighted by Gasteiger charge is 2.12. The van der Waals surface area contributed by atoms with Crippen LogP contribution in [0.2, 0.25) is 6.32 Å². The lowest BCUT2D eigenvalue weighted by atomic mass is 9.82. The van der Waals surface area contributed by atoms with Gasteiger partial charge >= 0.3 is 7.12 Å². The van der Waals surface area contributed by atoms with Crippen LogP contribution < -0.4 is 0 Å². The van der Waals surface area contributed by atoms with Gasteiger partial charge in [0.15, 0.2) is 0 Å². The summed E-state index contributed by atoms with van der Waals surface area (Å²) in [5.41, 5.74) is 0. The molecule has 0 heterocycles. The highest BCUT2D eigenvalue weighted by Crippen LogP contribution is 2.01. The van der Waals surface area contributed by atoms with Gasteiger partial charge in [-0.15, -0.1) is 0 Å². The smallest absolute Gasteiger partial charge is 0.414 e. The Balaban J connectivity index is 3.19. The Bertz CT molecular complexity index is 109. The van der Waals surface area contributed by atoms with E-state index in [9.17, 15) is 0 Å². The number of hydrogen-bond donors (Lipinski definition) is 0. The van der Waals surface area contributed by atoms with E-state index >= 15 is 0 Å². The maximum absolute atomic E-state index is 8.19. The molecular formula is C6H12BNO2. The van der Waals surface area contributed by atoms with Gasteiger partial charge in [0.05, 0.1) is 6.07 Å². The molecule has 0 N–H and O–H groups in total. The Labute approximate surface area is 62.1 Å². The van der Waals surface area contributed by atoms with Crippen LogP contribution in [0.3, 0.4) is 0 Å². The average Bonchev–Trinajstić information content (AvgIpc) is 1.99. The van der Waals surface area contributed by atoms with Gasteiger partial charge in [-0.3, -0.25) is 0 Å². The van der Waals surface area contributed by atoms with Gasteiger partial charge in [0.2, 0.25) is 0 Å². The number of nitriles is 1. The standard InChI is InChI=1S/C6H12BNO2/c1-9-7(10-2)5-3-4-6-8/h3-5H2,1-2H3. The molecule has 4 heteroatoms. The Hall–Kier alpha value is -0.525. The van der Waals surface area contributed by atoms with Gasteiger partial charge in [0.25, 0.3) is 0 Å². The fourth-order valence-electron chi connectivity index (χ4n) is 0.680. The summed E-state index contributed by atoms with van der Waals surface area (Å²) in [5.74, 6) is 0. The molecule has 0 saturated carbocycles. The van der Waals surface area contributed by atoms with E-state index in [-0.39, 0.29) is 7.12 Å². The third-order valence-corrected chi connectivity index (χ3v) is 1.25.